The fraction of sp³-hybridized carbons (Fsp3) is 0.550. The summed E-state index contributed by atoms with van der Waals surface area (Å²) in [6.07, 6.45) is 1.54. The van der Waals surface area contributed by atoms with Crippen LogP contribution in [0.25, 0.3) is 10.1 Å². The Labute approximate surface area is 190 Å². The molecule has 1 spiro atoms. The van der Waals surface area contributed by atoms with E-state index in [0.717, 1.165) is 47.4 Å². The summed E-state index contributed by atoms with van der Waals surface area (Å²) in [5, 5.41) is 4.67. The maximum atomic E-state index is 13.5. The van der Waals surface area contributed by atoms with Crippen molar-refractivity contribution in [3.05, 3.63) is 29.3 Å². The van der Waals surface area contributed by atoms with Crippen molar-refractivity contribution >= 4 is 49.0 Å². The minimum Gasteiger partial charge on any atom is -0.380 e. The summed E-state index contributed by atoms with van der Waals surface area (Å²) in [6.45, 7) is 2.02. The highest BCUT2D eigenvalue weighted by molar-refractivity contribution is 7.91. The van der Waals surface area contributed by atoms with E-state index in [9.17, 15) is 13.2 Å². The summed E-state index contributed by atoms with van der Waals surface area (Å²) in [5.41, 5.74) is -1.58. The Morgan fingerprint density at radius 1 is 1.26 bits per heavy atom. The van der Waals surface area contributed by atoms with Crippen LogP contribution in [0.2, 0.25) is 5.02 Å². The van der Waals surface area contributed by atoms with E-state index in [4.69, 9.17) is 21.1 Å². The average Bonchev–Trinajstić information content (AvgIpc) is 3.28. The van der Waals surface area contributed by atoms with Gasteiger partial charge in [-0.15, -0.1) is 11.3 Å². The number of rotatable bonds is 4. The van der Waals surface area contributed by atoms with Crippen LogP contribution in [0.15, 0.2) is 28.5 Å². The highest BCUT2D eigenvalue weighted by Gasteiger charge is 2.60. The normalized spacial score (nSPS) is 26.6. The van der Waals surface area contributed by atoms with Gasteiger partial charge in [0.15, 0.2) is 5.72 Å². The number of thiophene rings is 1. The number of nitrogens with one attached hydrogen (secondary N) is 1. The van der Waals surface area contributed by atoms with Crippen molar-refractivity contribution in [3.63, 3.8) is 0 Å². The minimum atomic E-state index is -3.89. The lowest BCUT2D eigenvalue weighted by Crippen LogP contribution is -2.65. The molecule has 1 amide bonds. The first kappa shape index (κ1) is 21.6. The Morgan fingerprint density at radius 3 is 2.77 bits per heavy atom. The predicted molar refractivity (Wildman–Crippen MR) is 118 cm³/mol. The zero-order valence-corrected chi connectivity index (χ0v) is 19.5. The highest BCUT2D eigenvalue weighted by atomic mass is 35.5. The molecule has 0 radical (unpaired) electrons. The molecule has 1 N–H and O–H groups in total. The van der Waals surface area contributed by atoms with E-state index in [-0.39, 0.29) is 29.8 Å². The molecule has 3 saturated heterocycles. The third kappa shape index (κ3) is 3.58. The summed E-state index contributed by atoms with van der Waals surface area (Å²) in [5.74, 6) is -0.258. The molecule has 3 fully saturated rings. The van der Waals surface area contributed by atoms with Gasteiger partial charge in [0.25, 0.3) is 10.0 Å². The van der Waals surface area contributed by atoms with Gasteiger partial charge in [-0.25, -0.2) is 8.42 Å². The summed E-state index contributed by atoms with van der Waals surface area (Å²) in [6, 6.07) is 6.91. The number of carbonyl (C=O) groups is 1. The molecule has 5 rings (SSSR count). The van der Waals surface area contributed by atoms with Crippen LogP contribution in [-0.2, 0) is 24.3 Å². The highest BCUT2D eigenvalue weighted by Crippen LogP contribution is 2.43. The van der Waals surface area contributed by atoms with Crippen molar-refractivity contribution in [2.24, 2.45) is 0 Å². The second-order valence-corrected chi connectivity index (χ2v) is 12.1. The van der Waals surface area contributed by atoms with Gasteiger partial charge in [-0.05, 0) is 49.5 Å². The molecule has 2 aromatic rings. The molecule has 4 heterocycles. The molecule has 8 nitrogen and oxygen atoms in total. The summed E-state index contributed by atoms with van der Waals surface area (Å²) in [4.78, 5) is 14.8. The van der Waals surface area contributed by atoms with Crippen molar-refractivity contribution in [1.82, 2.24) is 14.5 Å². The van der Waals surface area contributed by atoms with Crippen molar-refractivity contribution in [2.75, 3.05) is 46.4 Å². The SMILES string of the molecule is COCC12CN(S(=O)(=O)c3cc4ccc(Cl)cc4s3)CC(=O)N1CC1(CCNCC1)O2. The number of fused-ring (bicyclic) bond motifs is 2. The van der Waals surface area contributed by atoms with Gasteiger partial charge < -0.3 is 19.7 Å². The fourth-order valence-electron chi connectivity index (χ4n) is 4.85. The first-order chi connectivity index (χ1) is 14.8. The minimum absolute atomic E-state index is 0.0408. The Hall–Kier alpha value is -1.27. The zero-order valence-electron chi connectivity index (χ0n) is 17.1. The number of benzene rings is 1. The number of piperazine rings is 1. The van der Waals surface area contributed by atoms with Crippen LogP contribution in [0, 0.1) is 0 Å². The molecule has 1 atom stereocenters. The number of sulfonamides is 1. The van der Waals surface area contributed by atoms with Crippen LogP contribution in [-0.4, -0.2) is 81.3 Å². The average molecular weight is 486 g/mol. The quantitative estimate of drug-likeness (QED) is 0.711. The molecular formula is C20H24ClN3O5S2. The van der Waals surface area contributed by atoms with Crippen molar-refractivity contribution in [3.8, 4) is 0 Å². The topological polar surface area (TPSA) is 88.2 Å². The number of amides is 1. The molecule has 0 saturated carbocycles. The first-order valence-corrected chi connectivity index (χ1v) is 12.8. The van der Waals surface area contributed by atoms with Crippen molar-refractivity contribution < 1.29 is 22.7 Å². The van der Waals surface area contributed by atoms with Gasteiger partial charge in [-0.2, -0.15) is 4.31 Å². The molecule has 1 aromatic carbocycles. The molecular weight excluding hydrogens is 462 g/mol. The molecule has 31 heavy (non-hydrogen) atoms. The number of halogens is 1. The summed E-state index contributed by atoms with van der Waals surface area (Å²) >= 11 is 7.21. The van der Waals surface area contributed by atoms with Crippen LogP contribution in [0.5, 0.6) is 0 Å². The Kier molecular flexibility index (Phi) is 5.32. The second kappa shape index (κ2) is 7.65. The standard InChI is InChI=1S/C20H24ClN3O5S2/c1-28-13-20-12-23(10-17(25)24(20)11-19(29-20)4-6-22-7-5-19)31(26,27)18-8-14-2-3-15(21)9-16(14)30-18/h2-3,8-9,22H,4-7,10-13H2,1H3. The molecule has 11 heteroatoms. The summed E-state index contributed by atoms with van der Waals surface area (Å²) in [7, 11) is -2.35. The largest absolute Gasteiger partial charge is 0.380 e. The van der Waals surface area contributed by atoms with E-state index in [2.05, 4.69) is 5.32 Å². The monoisotopic (exact) mass is 485 g/mol. The van der Waals surface area contributed by atoms with Crippen LogP contribution >= 0.6 is 22.9 Å². The van der Waals surface area contributed by atoms with Crippen LogP contribution in [0.1, 0.15) is 12.8 Å². The van der Waals surface area contributed by atoms with Crippen LogP contribution < -0.4 is 5.32 Å². The number of nitrogens with zero attached hydrogens (tertiary/aromatic N) is 2. The van der Waals surface area contributed by atoms with Gasteiger partial charge in [0.05, 0.1) is 31.8 Å². The molecule has 3 aliphatic heterocycles. The Balaban J connectivity index is 1.50. The molecule has 1 unspecified atom stereocenters. The smallest absolute Gasteiger partial charge is 0.253 e. The lowest BCUT2D eigenvalue weighted by Gasteiger charge is -2.44. The fourth-order valence-corrected chi connectivity index (χ4v) is 8.11. The number of methoxy groups -OCH3 is 1. The van der Waals surface area contributed by atoms with Gasteiger partial charge in [-0.3, -0.25) is 4.79 Å². The van der Waals surface area contributed by atoms with Gasteiger partial charge in [0.2, 0.25) is 5.91 Å². The second-order valence-electron chi connectivity index (χ2n) is 8.41. The van der Waals surface area contributed by atoms with Gasteiger partial charge >= 0.3 is 0 Å². The van der Waals surface area contributed by atoms with Gasteiger partial charge in [0, 0.05) is 16.8 Å². The van der Waals surface area contributed by atoms with E-state index in [1.165, 1.54) is 11.4 Å². The van der Waals surface area contributed by atoms with Crippen molar-refractivity contribution in [2.45, 2.75) is 28.4 Å². The maximum Gasteiger partial charge on any atom is 0.253 e. The number of carbonyl (C=O) groups excluding carboxylic acids is 1. The number of hydrogen-bond donors (Lipinski definition) is 1. The van der Waals surface area contributed by atoms with E-state index in [0.29, 0.717) is 11.6 Å². The Bertz CT molecular complexity index is 1130. The lowest BCUT2D eigenvalue weighted by molar-refractivity contribution is -0.195. The third-order valence-corrected chi connectivity index (χ3v) is 9.89. The zero-order chi connectivity index (χ0) is 21.9. The first-order valence-electron chi connectivity index (χ1n) is 10.2. The molecule has 1 aromatic heterocycles. The van der Waals surface area contributed by atoms with Gasteiger partial charge in [-0.1, -0.05) is 17.7 Å². The molecule has 168 valence electrons. The van der Waals surface area contributed by atoms with Crippen molar-refractivity contribution in [1.29, 1.82) is 0 Å². The number of piperidine rings is 1. The van der Waals surface area contributed by atoms with E-state index in [1.807, 2.05) is 0 Å². The molecule has 0 aliphatic carbocycles. The van der Waals surface area contributed by atoms with E-state index in [1.54, 1.807) is 29.2 Å². The van der Waals surface area contributed by atoms with Crippen LogP contribution in [0.4, 0.5) is 0 Å². The van der Waals surface area contributed by atoms with E-state index >= 15 is 0 Å². The number of ether oxygens (including phenoxy) is 2. The summed E-state index contributed by atoms with van der Waals surface area (Å²) < 4.78 is 41.2. The third-order valence-electron chi connectivity index (χ3n) is 6.32. The predicted octanol–water partition coefficient (Wildman–Crippen LogP) is 1.88. The maximum absolute atomic E-state index is 13.5. The van der Waals surface area contributed by atoms with Gasteiger partial charge in [0.1, 0.15) is 4.21 Å². The molecule has 3 aliphatic rings. The lowest BCUT2D eigenvalue weighted by atomic mass is 9.92. The van der Waals surface area contributed by atoms with E-state index < -0.39 is 21.3 Å². The van der Waals surface area contributed by atoms with Crippen LogP contribution in [0.3, 0.4) is 0 Å². The molecule has 0 bridgehead atoms. The number of hydrogen-bond acceptors (Lipinski definition) is 7. The Morgan fingerprint density at radius 2 is 2.03 bits per heavy atom.